The fourth-order valence-corrected chi connectivity index (χ4v) is 5.02. The Morgan fingerprint density at radius 3 is 2.81 bits per heavy atom. The minimum atomic E-state index is -3.75. The molecule has 116 valence electrons. The van der Waals surface area contributed by atoms with E-state index in [2.05, 4.69) is 5.43 Å². The molecule has 1 unspecified atom stereocenters. The van der Waals surface area contributed by atoms with Crippen LogP contribution in [0, 0.1) is 10.1 Å². The number of hydrogen-bond donors (Lipinski definition) is 2. The zero-order chi connectivity index (χ0) is 15.6. The van der Waals surface area contributed by atoms with E-state index in [9.17, 15) is 18.5 Å². The van der Waals surface area contributed by atoms with Crippen LogP contribution in [-0.2, 0) is 10.0 Å². The van der Waals surface area contributed by atoms with Crippen molar-refractivity contribution in [1.29, 1.82) is 0 Å². The van der Waals surface area contributed by atoms with E-state index < -0.39 is 14.9 Å². The highest BCUT2D eigenvalue weighted by atomic mass is 32.2. The number of hydrazine groups is 1. The molecule has 1 fully saturated rings. The van der Waals surface area contributed by atoms with Crippen LogP contribution in [0.1, 0.15) is 6.92 Å². The van der Waals surface area contributed by atoms with Gasteiger partial charge >= 0.3 is 0 Å². The molecule has 0 aromatic heterocycles. The molecule has 1 aliphatic rings. The number of thioether (sulfide) groups is 1. The summed E-state index contributed by atoms with van der Waals surface area (Å²) >= 11 is 1.69. The van der Waals surface area contributed by atoms with Gasteiger partial charge in [-0.3, -0.25) is 16.0 Å². The molecular weight excluding hydrogens is 316 g/mol. The largest absolute Gasteiger partial charge is 0.318 e. The van der Waals surface area contributed by atoms with Crippen molar-refractivity contribution in [3.05, 3.63) is 28.3 Å². The van der Waals surface area contributed by atoms with E-state index in [1.54, 1.807) is 11.8 Å². The van der Waals surface area contributed by atoms with Crippen LogP contribution in [0.3, 0.4) is 0 Å². The van der Waals surface area contributed by atoms with Crippen LogP contribution < -0.4 is 11.3 Å². The number of benzene rings is 1. The number of nitrogens with two attached hydrogens (primary N) is 1. The zero-order valence-electron chi connectivity index (χ0n) is 11.4. The lowest BCUT2D eigenvalue weighted by Gasteiger charge is -2.31. The Labute approximate surface area is 126 Å². The summed E-state index contributed by atoms with van der Waals surface area (Å²) in [6, 6.07) is 3.53. The molecule has 0 aliphatic carbocycles. The van der Waals surface area contributed by atoms with Gasteiger partial charge in [0.2, 0.25) is 10.0 Å². The summed E-state index contributed by atoms with van der Waals surface area (Å²) in [6.45, 7) is 2.23. The maximum absolute atomic E-state index is 12.6. The lowest BCUT2D eigenvalue weighted by atomic mass is 10.3. The quantitative estimate of drug-likeness (QED) is 0.480. The predicted molar refractivity (Wildman–Crippen MR) is 81.6 cm³/mol. The molecule has 2 rings (SSSR count). The van der Waals surface area contributed by atoms with E-state index in [1.165, 1.54) is 16.4 Å². The van der Waals surface area contributed by atoms with E-state index in [4.69, 9.17) is 5.84 Å². The zero-order valence-corrected chi connectivity index (χ0v) is 13.0. The molecule has 10 heteroatoms. The monoisotopic (exact) mass is 332 g/mol. The summed E-state index contributed by atoms with van der Waals surface area (Å²) in [6.07, 6.45) is 0. The Bertz CT molecular complexity index is 650. The summed E-state index contributed by atoms with van der Waals surface area (Å²) in [4.78, 5) is 10.2. The van der Waals surface area contributed by atoms with Gasteiger partial charge < -0.3 is 5.43 Å². The Morgan fingerprint density at radius 2 is 2.24 bits per heavy atom. The number of nitro groups is 1. The van der Waals surface area contributed by atoms with Crippen LogP contribution in [0.5, 0.6) is 0 Å². The average molecular weight is 332 g/mol. The van der Waals surface area contributed by atoms with Gasteiger partial charge in [-0.1, -0.05) is 0 Å². The molecule has 0 spiro atoms. The molecule has 0 amide bonds. The SMILES string of the molecule is CC1CSCCN1S(=O)(=O)c1ccc(NN)c([N+](=O)[O-])c1. The Balaban J connectivity index is 2.45. The Morgan fingerprint density at radius 1 is 1.52 bits per heavy atom. The van der Waals surface area contributed by atoms with Gasteiger partial charge in [-0.15, -0.1) is 0 Å². The third-order valence-corrected chi connectivity index (χ3v) is 6.43. The fourth-order valence-electron chi connectivity index (χ4n) is 2.15. The molecule has 1 saturated heterocycles. The van der Waals surface area contributed by atoms with E-state index in [0.29, 0.717) is 18.1 Å². The third kappa shape index (κ3) is 3.12. The van der Waals surface area contributed by atoms with Crippen LogP contribution >= 0.6 is 11.8 Å². The summed E-state index contributed by atoms with van der Waals surface area (Å²) in [5.74, 6) is 6.62. The van der Waals surface area contributed by atoms with Gasteiger partial charge in [0.25, 0.3) is 5.69 Å². The number of nitro benzene ring substituents is 1. The van der Waals surface area contributed by atoms with Gasteiger partial charge in [-0.2, -0.15) is 16.1 Å². The molecule has 21 heavy (non-hydrogen) atoms. The lowest BCUT2D eigenvalue weighted by molar-refractivity contribution is -0.384. The van der Waals surface area contributed by atoms with Crippen molar-refractivity contribution in [3.63, 3.8) is 0 Å². The van der Waals surface area contributed by atoms with E-state index in [1.807, 2.05) is 6.92 Å². The van der Waals surface area contributed by atoms with Crippen molar-refractivity contribution in [3.8, 4) is 0 Å². The van der Waals surface area contributed by atoms with Crippen molar-refractivity contribution >= 4 is 33.2 Å². The first kappa shape index (κ1) is 16.0. The standard InChI is InChI=1S/C11H16N4O4S2/c1-8-7-20-5-4-14(8)21(18,19)9-2-3-10(13-12)11(6-9)15(16)17/h2-3,6,8,13H,4-5,7,12H2,1H3. The molecule has 8 nitrogen and oxygen atoms in total. The summed E-state index contributed by atoms with van der Waals surface area (Å²) in [5.41, 5.74) is 1.90. The van der Waals surface area contributed by atoms with Crippen molar-refractivity contribution in [1.82, 2.24) is 4.31 Å². The predicted octanol–water partition coefficient (Wildman–Crippen LogP) is 1.01. The van der Waals surface area contributed by atoms with Gasteiger partial charge in [0.1, 0.15) is 5.69 Å². The molecule has 0 bridgehead atoms. The number of sulfonamides is 1. The van der Waals surface area contributed by atoms with E-state index >= 15 is 0 Å². The number of nitrogens with zero attached hydrogens (tertiary/aromatic N) is 2. The highest BCUT2D eigenvalue weighted by molar-refractivity contribution is 7.99. The van der Waals surface area contributed by atoms with Crippen LogP contribution in [0.25, 0.3) is 0 Å². The second kappa shape index (κ2) is 6.18. The summed E-state index contributed by atoms with van der Waals surface area (Å²) < 4.78 is 26.6. The second-order valence-electron chi connectivity index (χ2n) is 4.62. The minimum absolute atomic E-state index is 0.0706. The molecule has 1 aromatic rings. The molecular formula is C11H16N4O4S2. The maximum atomic E-state index is 12.6. The van der Waals surface area contributed by atoms with Gasteiger partial charge in [-0.05, 0) is 19.1 Å². The first-order valence-electron chi connectivity index (χ1n) is 6.22. The summed E-state index contributed by atoms with van der Waals surface area (Å²) in [7, 11) is -3.75. The van der Waals surface area contributed by atoms with Crippen LogP contribution in [0.2, 0.25) is 0 Å². The van der Waals surface area contributed by atoms with Gasteiger partial charge in [0.05, 0.1) is 9.82 Å². The number of nitrogen functional groups attached to an aromatic ring is 1. The molecule has 0 saturated carbocycles. The molecule has 3 N–H and O–H groups in total. The van der Waals surface area contributed by atoms with Crippen molar-refractivity contribution < 1.29 is 13.3 Å². The molecule has 1 aromatic carbocycles. The number of hydrogen-bond acceptors (Lipinski definition) is 7. The summed E-state index contributed by atoms with van der Waals surface area (Å²) in [5, 5.41) is 11.0. The molecule has 1 aliphatic heterocycles. The molecule has 1 atom stereocenters. The third-order valence-electron chi connectivity index (χ3n) is 3.23. The van der Waals surface area contributed by atoms with Crippen LogP contribution in [0.4, 0.5) is 11.4 Å². The Kier molecular flexibility index (Phi) is 4.71. The topological polar surface area (TPSA) is 119 Å². The van der Waals surface area contributed by atoms with Gasteiger partial charge in [0.15, 0.2) is 0 Å². The smallest absolute Gasteiger partial charge is 0.294 e. The van der Waals surface area contributed by atoms with Crippen molar-refractivity contribution in [2.24, 2.45) is 5.84 Å². The first-order valence-corrected chi connectivity index (χ1v) is 8.82. The van der Waals surface area contributed by atoms with E-state index in [-0.39, 0.29) is 22.3 Å². The fraction of sp³-hybridized carbons (Fsp3) is 0.455. The Hall–Kier alpha value is -1.36. The van der Waals surface area contributed by atoms with Crippen molar-refractivity contribution in [2.75, 3.05) is 23.5 Å². The first-order chi connectivity index (χ1) is 9.87. The van der Waals surface area contributed by atoms with Crippen LogP contribution in [-0.4, -0.2) is 41.7 Å². The number of nitrogens with one attached hydrogen (secondary N) is 1. The average Bonchev–Trinajstić information content (AvgIpc) is 2.46. The number of rotatable bonds is 4. The maximum Gasteiger partial charge on any atom is 0.294 e. The second-order valence-corrected chi connectivity index (χ2v) is 7.66. The van der Waals surface area contributed by atoms with Crippen LogP contribution in [0.15, 0.2) is 23.1 Å². The highest BCUT2D eigenvalue weighted by Gasteiger charge is 2.32. The number of anilines is 1. The van der Waals surface area contributed by atoms with E-state index in [0.717, 1.165) is 6.07 Å². The van der Waals surface area contributed by atoms with Gasteiger partial charge in [-0.25, -0.2) is 8.42 Å². The molecule has 0 radical (unpaired) electrons. The highest BCUT2D eigenvalue weighted by Crippen LogP contribution is 2.30. The molecule has 1 heterocycles. The normalized spacial score (nSPS) is 20.2. The van der Waals surface area contributed by atoms with Crippen molar-refractivity contribution in [2.45, 2.75) is 17.9 Å². The van der Waals surface area contributed by atoms with Gasteiger partial charge in [0, 0.05) is 30.2 Å². The minimum Gasteiger partial charge on any atom is -0.318 e. The lowest BCUT2D eigenvalue weighted by Crippen LogP contribution is -2.44.